The molecule has 1 aromatic heterocycles. The van der Waals surface area contributed by atoms with Crippen molar-refractivity contribution in [3.05, 3.63) is 57.9 Å². The van der Waals surface area contributed by atoms with Gasteiger partial charge in [-0.2, -0.15) is 4.98 Å². The van der Waals surface area contributed by atoms with Crippen LogP contribution < -0.4 is 11.0 Å². The van der Waals surface area contributed by atoms with Crippen LogP contribution in [0, 0.1) is 12.7 Å². The van der Waals surface area contributed by atoms with Gasteiger partial charge in [-0.1, -0.05) is 18.2 Å². The summed E-state index contributed by atoms with van der Waals surface area (Å²) in [4.78, 5) is 28.0. The number of aliphatic hydroxyl groups excluding tert-OH is 1. The average molecular weight is 347 g/mol. The highest BCUT2D eigenvalue weighted by Gasteiger charge is 2.27. The van der Waals surface area contributed by atoms with E-state index in [1.807, 2.05) is 0 Å². The van der Waals surface area contributed by atoms with Gasteiger partial charge in [-0.25, -0.2) is 9.18 Å². The highest BCUT2D eigenvalue weighted by atomic mass is 19.1. The predicted octanol–water partition coefficient (Wildman–Crippen LogP) is 1.61. The number of anilines is 1. The van der Waals surface area contributed by atoms with E-state index in [2.05, 4.69) is 10.3 Å². The number of rotatable bonds is 4. The van der Waals surface area contributed by atoms with Gasteiger partial charge in [-0.15, -0.1) is 0 Å². The first-order valence-electron chi connectivity index (χ1n) is 7.91. The standard InChI is InChI=1S/C17H18FN3O4/c1-10-4-2-3-5-12(10)16(23)19-15-13(18)8-21(17(24)20-15)14-7-6-11(9-22)25-14/h2-5,8,11,14,22H,6-7,9H2,1H3,(H,19,20,23,24)/t11-,14+/m0/s1. The summed E-state index contributed by atoms with van der Waals surface area (Å²) in [6.07, 6.45) is 0.961. The monoisotopic (exact) mass is 347 g/mol. The molecule has 0 radical (unpaired) electrons. The van der Waals surface area contributed by atoms with Crippen molar-refractivity contribution >= 4 is 11.7 Å². The number of aryl methyl sites for hydroxylation is 1. The second-order valence-electron chi connectivity index (χ2n) is 5.87. The molecule has 1 aromatic carbocycles. The van der Waals surface area contributed by atoms with Crippen molar-refractivity contribution < 1.29 is 19.0 Å². The molecule has 0 spiro atoms. The Morgan fingerprint density at radius 1 is 1.44 bits per heavy atom. The number of halogens is 1. The fraction of sp³-hybridized carbons (Fsp3) is 0.353. The third-order valence-corrected chi connectivity index (χ3v) is 4.13. The minimum absolute atomic E-state index is 0.161. The third-order valence-electron chi connectivity index (χ3n) is 4.13. The quantitative estimate of drug-likeness (QED) is 0.876. The fourth-order valence-electron chi connectivity index (χ4n) is 2.77. The smallest absolute Gasteiger partial charge is 0.351 e. The third kappa shape index (κ3) is 3.59. The summed E-state index contributed by atoms with van der Waals surface area (Å²) in [5.74, 6) is -1.80. The number of amides is 1. The molecule has 0 aliphatic carbocycles. The number of aliphatic hydroxyl groups is 1. The Kier molecular flexibility index (Phi) is 4.91. The number of ether oxygens (including phenoxy) is 1. The van der Waals surface area contributed by atoms with Gasteiger partial charge >= 0.3 is 5.69 Å². The molecule has 3 rings (SSSR count). The van der Waals surface area contributed by atoms with Crippen LogP contribution in [0.25, 0.3) is 0 Å². The van der Waals surface area contributed by atoms with Crippen molar-refractivity contribution in [1.29, 1.82) is 0 Å². The first kappa shape index (κ1) is 17.2. The van der Waals surface area contributed by atoms with Crippen LogP contribution in [-0.4, -0.2) is 33.3 Å². The number of aromatic nitrogens is 2. The Balaban J connectivity index is 1.82. The zero-order valence-corrected chi connectivity index (χ0v) is 13.6. The molecular weight excluding hydrogens is 329 g/mol. The molecule has 8 heteroatoms. The number of nitrogens with one attached hydrogen (secondary N) is 1. The van der Waals surface area contributed by atoms with Crippen LogP contribution in [0.2, 0.25) is 0 Å². The number of hydrogen-bond donors (Lipinski definition) is 2. The van der Waals surface area contributed by atoms with E-state index in [1.165, 1.54) is 0 Å². The van der Waals surface area contributed by atoms with Crippen LogP contribution in [0.4, 0.5) is 10.2 Å². The normalized spacial score (nSPS) is 19.8. The lowest BCUT2D eigenvalue weighted by Crippen LogP contribution is -2.30. The summed E-state index contributed by atoms with van der Waals surface area (Å²) in [5, 5.41) is 11.4. The molecule has 2 atom stereocenters. The zero-order chi connectivity index (χ0) is 18.0. The van der Waals surface area contributed by atoms with Crippen molar-refractivity contribution in [1.82, 2.24) is 9.55 Å². The van der Waals surface area contributed by atoms with E-state index in [9.17, 15) is 14.0 Å². The largest absolute Gasteiger partial charge is 0.394 e. The summed E-state index contributed by atoms with van der Waals surface area (Å²) >= 11 is 0. The molecule has 1 aliphatic rings. The van der Waals surface area contributed by atoms with Gasteiger partial charge in [-0.05, 0) is 31.4 Å². The number of carbonyl (C=O) groups excluding carboxylic acids is 1. The van der Waals surface area contributed by atoms with Gasteiger partial charge in [0.1, 0.15) is 6.23 Å². The predicted molar refractivity (Wildman–Crippen MR) is 87.8 cm³/mol. The molecule has 7 nitrogen and oxygen atoms in total. The topological polar surface area (TPSA) is 93.5 Å². The first-order valence-corrected chi connectivity index (χ1v) is 7.91. The molecule has 0 saturated carbocycles. The number of carbonyl (C=O) groups is 1. The van der Waals surface area contributed by atoms with E-state index in [-0.39, 0.29) is 12.7 Å². The van der Waals surface area contributed by atoms with Crippen molar-refractivity contribution in [2.75, 3.05) is 11.9 Å². The second-order valence-corrected chi connectivity index (χ2v) is 5.87. The molecule has 1 amide bonds. The molecule has 2 heterocycles. The number of benzene rings is 1. The van der Waals surface area contributed by atoms with E-state index >= 15 is 0 Å². The van der Waals surface area contributed by atoms with E-state index in [4.69, 9.17) is 9.84 Å². The van der Waals surface area contributed by atoms with E-state index < -0.39 is 29.5 Å². The van der Waals surface area contributed by atoms with E-state index in [0.29, 0.717) is 18.4 Å². The lowest BCUT2D eigenvalue weighted by molar-refractivity contribution is -0.0249. The molecule has 2 N–H and O–H groups in total. The molecule has 1 fully saturated rings. The second kappa shape index (κ2) is 7.12. The molecule has 2 aromatic rings. The van der Waals surface area contributed by atoms with Crippen molar-refractivity contribution in [3.8, 4) is 0 Å². The van der Waals surface area contributed by atoms with Gasteiger partial charge in [0.2, 0.25) is 0 Å². The Morgan fingerprint density at radius 3 is 2.88 bits per heavy atom. The lowest BCUT2D eigenvalue weighted by atomic mass is 10.1. The summed E-state index contributed by atoms with van der Waals surface area (Å²) in [6.45, 7) is 1.59. The molecule has 1 aliphatic heterocycles. The van der Waals surface area contributed by atoms with Crippen LogP contribution >= 0.6 is 0 Å². The molecule has 25 heavy (non-hydrogen) atoms. The number of nitrogens with zero attached hydrogens (tertiary/aromatic N) is 2. The Morgan fingerprint density at radius 2 is 2.20 bits per heavy atom. The van der Waals surface area contributed by atoms with Gasteiger partial charge in [0, 0.05) is 5.56 Å². The van der Waals surface area contributed by atoms with Crippen molar-refractivity contribution in [3.63, 3.8) is 0 Å². The minimum Gasteiger partial charge on any atom is -0.394 e. The highest BCUT2D eigenvalue weighted by molar-refractivity contribution is 6.04. The highest BCUT2D eigenvalue weighted by Crippen LogP contribution is 2.27. The summed E-state index contributed by atoms with van der Waals surface area (Å²) in [6, 6.07) is 6.84. The van der Waals surface area contributed by atoms with Gasteiger partial charge in [0.25, 0.3) is 5.91 Å². The maximum absolute atomic E-state index is 14.3. The Hall–Kier alpha value is -2.58. The summed E-state index contributed by atoms with van der Waals surface area (Å²) in [5.41, 5.74) is 0.367. The van der Waals surface area contributed by atoms with Gasteiger partial charge in [0.05, 0.1) is 18.9 Å². The van der Waals surface area contributed by atoms with Crippen molar-refractivity contribution in [2.45, 2.75) is 32.1 Å². The zero-order valence-electron chi connectivity index (χ0n) is 13.6. The van der Waals surface area contributed by atoms with Crippen molar-refractivity contribution in [2.24, 2.45) is 0 Å². The Labute approximate surface area is 143 Å². The van der Waals surface area contributed by atoms with Gasteiger partial charge in [0.15, 0.2) is 11.6 Å². The maximum Gasteiger partial charge on any atom is 0.351 e. The van der Waals surface area contributed by atoms with Gasteiger partial charge in [-0.3, -0.25) is 9.36 Å². The lowest BCUT2D eigenvalue weighted by Gasteiger charge is -2.15. The number of hydrogen-bond acceptors (Lipinski definition) is 5. The van der Waals surface area contributed by atoms with Crippen LogP contribution in [0.15, 0.2) is 35.3 Å². The summed E-state index contributed by atoms with van der Waals surface area (Å²) < 4.78 is 20.8. The molecule has 0 unspecified atom stereocenters. The van der Waals surface area contributed by atoms with Crippen LogP contribution in [0.3, 0.4) is 0 Å². The molecule has 132 valence electrons. The SMILES string of the molecule is Cc1ccccc1C(=O)Nc1nc(=O)n([C@H]2CC[C@@H](CO)O2)cc1F. The average Bonchev–Trinajstić information content (AvgIpc) is 3.07. The minimum atomic E-state index is -0.836. The Bertz CT molecular complexity index is 852. The molecule has 0 bridgehead atoms. The molecular formula is C17H18FN3O4. The van der Waals surface area contributed by atoms with E-state index in [0.717, 1.165) is 16.3 Å². The first-order chi connectivity index (χ1) is 12.0. The molecule has 1 saturated heterocycles. The van der Waals surface area contributed by atoms with Gasteiger partial charge < -0.3 is 15.2 Å². The van der Waals surface area contributed by atoms with Crippen LogP contribution in [-0.2, 0) is 4.74 Å². The van der Waals surface area contributed by atoms with E-state index in [1.54, 1.807) is 31.2 Å². The summed E-state index contributed by atoms with van der Waals surface area (Å²) in [7, 11) is 0. The maximum atomic E-state index is 14.3. The fourth-order valence-corrected chi connectivity index (χ4v) is 2.77. The van der Waals surface area contributed by atoms with Crippen LogP contribution in [0.5, 0.6) is 0 Å². The van der Waals surface area contributed by atoms with Crippen LogP contribution in [0.1, 0.15) is 35.0 Å².